The molecule has 1 heterocycles. The van der Waals surface area contributed by atoms with Crippen LogP contribution in [0, 0.1) is 0 Å². The molecule has 7 nitrogen and oxygen atoms in total. The lowest BCUT2D eigenvalue weighted by Gasteiger charge is -2.11. The Labute approximate surface area is 83.4 Å². The van der Waals surface area contributed by atoms with Crippen molar-refractivity contribution in [2.75, 3.05) is 39.4 Å². The maximum atomic E-state index is 9.61. The first kappa shape index (κ1) is 13.8. The Hall–Kier alpha value is -0.250. The Morgan fingerprint density at radius 1 is 1.14 bits per heavy atom. The molecule has 4 N–H and O–H groups in total. The number of nitrogens with one attached hydrogen (secondary N) is 2. The standard InChI is InChI=1S/C4H10N2.C2H6O5S/c1-2-6-4-3-5-1;3-1-2-7-8(4,5)6/h5-6H,1-4H2;3H,1-2H2,(H,4,5,6). The fourth-order valence-electron chi connectivity index (χ4n) is 0.746. The summed E-state index contributed by atoms with van der Waals surface area (Å²) in [7, 11) is -4.35. The monoisotopic (exact) mass is 228 g/mol. The van der Waals surface area contributed by atoms with E-state index in [0.717, 1.165) is 26.2 Å². The highest BCUT2D eigenvalue weighted by atomic mass is 32.3. The van der Waals surface area contributed by atoms with Gasteiger partial charge < -0.3 is 15.7 Å². The van der Waals surface area contributed by atoms with Gasteiger partial charge in [-0.3, -0.25) is 4.55 Å². The van der Waals surface area contributed by atoms with E-state index in [1.807, 2.05) is 0 Å². The number of piperazine rings is 1. The van der Waals surface area contributed by atoms with Gasteiger partial charge in [0.05, 0.1) is 13.2 Å². The van der Waals surface area contributed by atoms with Gasteiger partial charge in [-0.05, 0) is 0 Å². The molecule has 0 atom stereocenters. The number of aliphatic hydroxyl groups excluding tert-OH is 1. The molecule has 0 amide bonds. The normalized spacial score (nSPS) is 17.0. The Morgan fingerprint density at radius 3 is 1.71 bits per heavy atom. The zero-order chi connectivity index (χ0) is 10.9. The third kappa shape index (κ3) is 11.8. The fourth-order valence-corrected chi connectivity index (χ4v) is 1.03. The first-order valence-corrected chi connectivity index (χ1v) is 5.57. The van der Waals surface area contributed by atoms with Gasteiger partial charge in [-0.1, -0.05) is 0 Å². The first-order valence-electron chi connectivity index (χ1n) is 4.20. The minimum atomic E-state index is -4.35. The maximum absolute atomic E-state index is 9.61. The molecule has 0 spiro atoms. The average Bonchev–Trinajstić information content (AvgIpc) is 2.17. The van der Waals surface area contributed by atoms with Gasteiger partial charge >= 0.3 is 10.4 Å². The summed E-state index contributed by atoms with van der Waals surface area (Å²) < 4.78 is 30.7. The molecule has 1 fully saturated rings. The second-order valence-electron chi connectivity index (χ2n) is 2.47. The molecule has 0 saturated carbocycles. The van der Waals surface area contributed by atoms with E-state index in [4.69, 9.17) is 9.66 Å². The van der Waals surface area contributed by atoms with Crippen molar-refractivity contribution in [2.45, 2.75) is 0 Å². The molecule has 0 radical (unpaired) electrons. The zero-order valence-electron chi connectivity index (χ0n) is 7.77. The summed E-state index contributed by atoms with van der Waals surface area (Å²) in [5, 5.41) is 14.4. The van der Waals surface area contributed by atoms with Crippen LogP contribution in [0.25, 0.3) is 0 Å². The largest absolute Gasteiger partial charge is 0.397 e. The van der Waals surface area contributed by atoms with E-state index in [0.29, 0.717) is 0 Å². The Kier molecular flexibility index (Phi) is 7.95. The van der Waals surface area contributed by atoms with Crippen molar-refractivity contribution in [3.63, 3.8) is 0 Å². The van der Waals surface area contributed by atoms with Crippen molar-refractivity contribution in [1.29, 1.82) is 0 Å². The van der Waals surface area contributed by atoms with E-state index >= 15 is 0 Å². The molecule has 8 heteroatoms. The van der Waals surface area contributed by atoms with Gasteiger partial charge in [-0.15, -0.1) is 0 Å². The van der Waals surface area contributed by atoms with Gasteiger partial charge in [0.15, 0.2) is 0 Å². The Balaban J connectivity index is 0.000000249. The van der Waals surface area contributed by atoms with E-state index in [1.165, 1.54) is 0 Å². The minimum absolute atomic E-state index is 0.404. The molecule has 14 heavy (non-hydrogen) atoms. The number of hydrogen-bond donors (Lipinski definition) is 4. The van der Waals surface area contributed by atoms with Crippen LogP contribution in [-0.2, 0) is 14.6 Å². The van der Waals surface area contributed by atoms with E-state index < -0.39 is 23.6 Å². The number of aliphatic hydroxyl groups is 1. The lowest BCUT2D eigenvalue weighted by molar-refractivity contribution is 0.188. The minimum Gasteiger partial charge on any atom is -0.394 e. The predicted molar refractivity (Wildman–Crippen MR) is 50.3 cm³/mol. The molecule has 0 unspecified atom stereocenters. The second kappa shape index (κ2) is 8.09. The molecule has 1 saturated heterocycles. The van der Waals surface area contributed by atoms with E-state index in [2.05, 4.69) is 14.8 Å². The van der Waals surface area contributed by atoms with Crippen LogP contribution in [0.1, 0.15) is 0 Å². The van der Waals surface area contributed by atoms with Crippen molar-refractivity contribution < 1.29 is 22.3 Å². The zero-order valence-corrected chi connectivity index (χ0v) is 8.59. The number of hydrogen-bond acceptors (Lipinski definition) is 6. The third-order valence-corrected chi connectivity index (χ3v) is 1.75. The number of rotatable bonds is 3. The van der Waals surface area contributed by atoms with Crippen LogP contribution in [-0.4, -0.2) is 57.5 Å². The summed E-state index contributed by atoms with van der Waals surface area (Å²) >= 11 is 0. The molecular weight excluding hydrogens is 212 g/mol. The van der Waals surface area contributed by atoms with Gasteiger partial charge in [0.25, 0.3) is 0 Å². The van der Waals surface area contributed by atoms with E-state index in [9.17, 15) is 8.42 Å². The lowest BCUT2D eigenvalue weighted by Crippen LogP contribution is -2.39. The molecule has 0 aromatic rings. The maximum Gasteiger partial charge on any atom is 0.397 e. The first-order chi connectivity index (χ1) is 6.56. The summed E-state index contributed by atoms with van der Waals surface area (Å²) in [5.74, 6) is 0. The van der Waals surface area contributed by atoms with Crippen LogP contribution in [0.4, 0.5) is 0 Å². The van der Waals surface area contributed by atoms with Crippen molar-refractivity contribution in [3.05, 3.63) is 0 Å². The van der Waals surface area contributed by atoms with Crippen molar-refractivity contribution in [1.82, 2.24) is 10.6 Å². The van der Waals surface area contributed by atoms with Crippen LogP contribution in [0.3, 0.4) is 0 Å². The quantitative estimate of drug-likeness (QED) is 0.413. The van der Waals surface area contributed by atoms with Crippen LogP contribution in [0.15, 0.2) is 0 Å². The van der Waals surface area contributed by atoms with Gasteiger partial charge in [-0.25, -0.2) is 4.18 Å². The van der Waals surface area contributed by atoms with Crippen molar-refractivity contribution in [2.24, 2.45) is 0 Å². The third-order valence-electron chi connectivity index (χ3n) is 1.28. The van der Waals surface area contributed by atoms with Gasteiger partial charge in [0.2, 0.25) is 0 Å². The van der Waals surface area contributed by atoms with Crippen LogP contribution >= 0.6 is 0 Å². The molecule has 1 rings (SSSR count). The van der Waals surface area contributed by atoms with Gasteiger partial charge in [-0.2, -0.15) is 8.42 Å². The molecule has 0 aromatic heterocycles. The smallest absolute Gasteiger partial charge is 0.394 e. The summed E-state index contributed by atoms with van der Waals surface area (Å²) in [6.45, 7) is 3.72. The van der Waals surface area contributed by atoms with Gasteiger partial charge in [0.1, 0.15) is 0 Å². The SMILES string of the molecule is C1CNCCN1.O=S(=O)(O)OCCO. The Bertz CT molecular complexity index is 203. The van der Waals surface area contributed by atoms with Crippen LogP contribution < -0.4 is 10.6 Å². The topological polar surface area (TPSA) is 108 Å². The molecule has 0 aliphatic carbocycles. The summed E-state index contributed by atoms with van der Waals surface area (Å²) in [6.07, 6.45) is 0. The highest BCUT2D eigenvalue weighted by Crippen LogP contribution is 1.82. The molecular formula is C6H16N2O5S. The summed E-state index contributed by atoms with van der Waals surface area (Å²) in [6, 6.07) is 0. The highest BCUT2D eigenvalue weighted by Gasteiger charge is 2.00. The molecule has 0 bridgehead atoms. The second-order valence-corrected chi connectivity index (χ2v) is 3.56. The van der Waals surface area contributed by atoms with Crippen LogP contribution in [0.2, 0.25) is 0 Å². The van der Waals surface area contributed by atoms with Crippen molar-refractivity contribution in [3.8, 4) is 0 Å². The molecule has 1 aliphatic rings. The van der Waals surface area contributed by atoms with E-state index in [-0.39, 0.29) is 0 Å². The average molecular weight is 228 g/mol. The molecule has 0 aromatic carbocycles. The van der Waals surface area contributed by atoms with Crippen molar-refractivity contribution >= 4 is 10.4 Å². The summed E-state index contributed by atoms with van der Waals surface area (Å²) in [4.78, 5) is 0. The highest BCUT2D eigenvalue weighted by molar-refractivity contribution is 7.80. The Morgan fingerprint density at radius 2 is 1.57 bits per heavy atom. The van der Waals surface area contributed by atoms with Gasteiger partial charge in [0, 0.05) is 26.2 Å². The predicted octanol–water partition coefficient (Wildman–Crippen LogP) is -2.02. The summed E-state index contributed by atoms with van der Waals surface area (Å²) in [5.41, 5.74) is 0. The van der Waals surface area contributed by atoms with E-state index in [1.54, 1.807) is 0 Å². The fraction of sp³-hybridized carbons (Fsp3) is 1.00. The molecule has 1 aliphatic heterocycles. The van der Waals surface area contributed by atoms with Crippen LogP contribution in [0.5, 0.6) is 0 Å². The molecule has 86 valence electrons. The lowest BCUT2D eigenvalue weighted by atomic mass is 10.4.